The van der Waals surface area contributed by atoms with E-state index >= 15 is 0 Å². The first kappa shape index (κ1) is 18.3. The molecule has 0 unspecified atom stereocenters. The highest BCUT2D eigenvalue weighted by atomic mass is 35.5. The van der Waals surface area contributed by atoms with Gasteiger partial charge in [-0.3, -0.25) is 14.2 Å². The minimum Gasteiger partial charge on any atom is -0.323 e. The van der Waals surface area contributed by atoms with Gasteiger partial charge in [-0.15, -0.1) is 0 Å². The second-order valence-electron chi connectivity index (χ2n) is 6.57. The number of rotatable bonds is 7. The van der Waals surface area contributed by atoms with Gasteiger partial charge in [0.2, 0.25) is 5.91 Å². The number of nitrogens with zero attached hydrogens (tertiary/aromatic N) is 4. The van der Waals surface area contributed by atoms with Gasteiger partial charge < -0.3 is 5.32 Å². The fourth-order valence-electron chi connectivity index (χ4n) is 3.12. The number of anilines is 1. The summed E-state index contributed by atoms with van der Waals surface area (Å²) in [7, 11) is 0. The third kappa shape index (κ3) is 4.23. The van der Waals surface area contributed by atoms with Gasteiger partial charge in [0.1, 0.15) is 0 Å². The molecule has 28 heavy (non-hydrogen) atoms. The summed E-state index contributed by atoms with van der Waals surface area (Å²) in [6.07, 6.45) is 6.46. The smallest absolute Gasteiger partial charge is 0.226 e. The minimum absolute atomic E-state index is 0.0757. The van der Waals surface area contributed by atoms with E-state index in [9.17, 15) is 4.79 Å². The lowest BCUT2D eigenvalue weighted by Gasteiger charge is -2.05. The Balaban J connectivity index is 1.30. The number of nitrogens with one attached hydrogen (secondary N) is 1. The molecule has 0 atom stereocenters. The van der Waals surface area contributed by atoms with E-state index in [1.807, 2.05) is 47.3 Å². The van der Waals surface area contributed by atoms with Gasteiger partial charge in [-0.1, -0.05) is 48.0 Å². The highest BCUT2D eigenvalue weighted by Crippen LogP contribution is 2.22. The van der Waals surface area contributed by atoms with Crippen molar-refractivity contribution < 1.29 is 4.79 Å². The number of hydrogen-bond acceptors (Lipinski definition) is 3. The van der Waals surface area contributed by atoms with Gasteiger partial charge in [-0.25, -0.2) is 0 Å². The summed E-state index contributed by atoms with van der Waals surface area (Å²) in [4.78, 5) is 12.3. The number of aryl methyl sites for hydroxylation is 3. The molecule has 4 aromatic rings. The van der Waals surface area contributed by atoms with Crippen molar-refractivity contribution in [1.82, 2.24) is 19.6 Å². The largest absolute Gasteiger partial charge is 0.323 e. The Labute approximate surface area is 167 Å². The van der Waals surface area contributed by atoms with Crippen molar-refractivity contribution in [2.45, 2.75) is 25.9 Å². The molecule has 0 radical (unpaired) electrons. The zero-order chi connectivity index (χ0) is 19.3. The summed E-state index contributed by atoms with van der Waals surface area (Å²) >= 11 is 6.17. The molecule has 2 aromatic heterocycles. The molecule has 0 fully saturated rings. The molecule has 0 bridgehead atoms. The molecule has 0 saturated carbocycles. The molecule has 0 aliphatic carbocycles. The van der Waals surface area contributed by atoms with Crippen molar-refractivity contribution in [3.8, 4) is 0 Å². The molecule has 0 aliphatic rings. The number of carbonyl (C=O) groups excluding carboxylic acids is 1. The van der Waals surface area contributed by atoms with Crippen LogP contribution in [0.2, 0.25) is 5.02 Å². The zero-order valence-electron chi connectivity index (χ0n) is 15.3. The van der Waals surface area contributed by atoms with E-state index in [1.165, 1.54) is 5.56 Å². The number of amides is 1. The van der Waals surface area contributed by atoms with E-state index in [2.05, 4.69) is 27.6 Å². The van der Waals surface area contributed by atoms with Gasteiger partial charge in [0, 0.05) is 24.5 Å². The summed E-state index contributed by atoms with van der Waals surface area (Å²) in [6.45, 7) is 1.25. The second kappa shape index (κ2) is 8.27. The van der Waals surface area contributed by atoms with Gasteiger partial charge >= 0.3 is 0 Å². The molecule has 1 N–H and O–H groups in total. The molecule has 0 saturated heterocycles. The number of fused-ring (bicyclic) bond motifs is 1. The van der Waals surface area contributed by atoms with Crippen LogP contribution in [0.5, 0.6) is 0 Å². The van der Waals surface area contributed by atoms with E-state index < -0.39 is 0 Å². The van der Waals surface area contributed by atoms with Crippen LogP contribution in [0.4, 0.5) is 5.69 Å². The Kier molecular flexibility index (Phi) is 5.39. The van der Waals surface area contributed by atoms with Gasteiger partial charge in [0.15, 0.2) is 0 Å². The van der Waals surface area contributed by atoms with Crippen molar-refractivity contribution in [3.63, 3.8) is 0 Å². The van der Waals surface area contributed by atoms with Crippen LogP contribution in [0.1, 0.15) is 12.0 Å². The zero-order valence-corrected chi connectivity index (χ0v) is 16.0. The molecule has 0 aliphatic heterocycles. The Hall–Kier alpha value is -3.12. The van der Waals surface area contributed by atoms with Crippen LogP contribution in [-0.2, 0) is 24.3 Å². The number of carbonyl (C=O) groups is 1. The van der Waals surface area contributed by atoms with E-state index in [-0.39, 0.29) is 5.91 Å². The summed E-state index contributed by atoms with van der Waals surface area (Å²) in [5, 5.41) is 13.1. The van der Waals surface area contributed by atoms with E-state index in [4.69, 9.17) is 11.6 Å². The lowest BCUT2D eigenvalue weighted by atomic mass is 10.1. The number of halogens is 1. The molecular formula is C21H20ClN5O. The molecule has 7 heteroatoms. The van der Waals surface area contributed by atoms with Crippen molar-refractivity contribution in [2.75, 3.05) is 5.32 Å². The van der Waals surface area contributed by atoms with Crippen LogP contribution in [0, 0.1) is 0 Å². The van der Waals surface area contributed by atoms with Crippen LogP contribution < -0.4 is 5.32 Å². The van der Waals surface area contributed by atoms with Crippen LogP contribution in [0.25, 0.3) is 10.9 Å². The predicted octanol–water partition coefficient (Wildman–Crippen LogP) is 4.16. The van der Waals surface area contributed by atoms with Crippen LogP contribution in [0.15, 0.2) is 67.1 Å². The molecule has 1 amide bonds. The van der Waals surface area contributed by atoms with Crippen LogP contribution >= 0.6 is 11.6 Å². The molecule has 4 rings (SSSR count). The number of aromatic nitrogens is 4. The third-order valence-electron chi connectivity index (χ3n) is 4.57. The first-order valence-electron chi connectivity index (χ1n) is 9.15. The lowest BCUT2D eigenvalue weighted by molar-refractivity contribution is -0.116. The molecule has 2 heterocycles. The van der Waals surface area contributed by atoms with Gasteiger partial charge in [-0.2, -0.15) is 10.2 Å². The summed E-state index contributed by atoms with van der Waals surface area (Å²) in [5.74, 6) is -0.0757. The van der Waals surface area contributed by atoms with Crippen LogP contribution in [0.3, 0.4) is 0 Å². The Morgan fingerprint density at radius 2 is 1.86 bits per heavy atom. The SMILES string of the molecule is O=C(CCn1ncc2c(Cl)cccc21)Nc1cnn(CCc2ccccc2)c1. The highest BCUT2D eigenvalue weighted by Gasteiger charge is 2.09. The van der Waals surface area contributed by atoms with E-state index in [1.54, 1.807) is 17.1 Å². The Morgan fingerprint density at radius 3 is 2.71 bits per heavy atom. The van der Waals surface area contributed by atoms with Crippen molar-refractivity contribution in [3.05, 3.63) is 77.7 Å². The van der Waals surface area contributed by atoms with Crippen molar-refractivity contribution >= 4 is 34.1 Å². The number of benzene rings is 2. The quantitative estimate of drug-likeness (QED) is 0.512. The minimum atomic E-state index is -0.0757. The van der Waals surface area contributed by atoms with Crippen molar-refractivity contribution in [1.29, 1.82) is 0 Å². The average Bonchev–Trinajstić information content (AvgIpc) is 3.33. The monoisotopic (exact) mass is 393 g/mol. The van der Waals surface area contributed by atoms with E-state index in [0.29, 0.717) is 23.7 Å². The Bertz CT molecular complexity index is 1090. The molecule has 0 spiro atoms. The number of hydrogen-bond donors (Lipinski definition) is 1. The van der Waals surface area contributed by atoms with Crippen molar-refractivity contribution in [2.24, 2.45) is 0 Å². The normalized spacial score (nSPS) is 11.0. The average molecular weight is 394 g/mol. The highest BCUT2D eigenvalue weighted by molar-refractivity contribution is 6.35. The van der Waals surface area contributed by atoms with E-state index in [0.717, 1.165) is 23.9 Å². The maximum Gasteiger partial charge on any atom is 0.226 e. The second-order valence-corrected chi connectivity index (χ2v) is 6.97. The third-order valence-corrected chi connectivity index (χ3v) is 4.90. The fraction of sp³-hybridized carbons (Fsp3) is 0.190. The maximum absolute atomic E-state index is 12.3. The van der Waals surface area contributed by atoms with Gasteiger partial charge in [-0.05, 0) is 24.1 Å². The predicted molar refractivity (Wildman–Crippen MR) is 110 cm³/mol. The first-order valence-corrected chi connectivity index (χ1v) is 9.53. The first-order chi connectivity index (χ1) is 13.7. The lowest BCUT2D eigenvalue weighted by Crippen LogP contribution is -2.14. The fourth-order valence-corrected chi connectivity index (χ4v) is 3.33. The molecule has 6 nitrogen and oxygen atoms in total. The van der Waals surface area contributed by atoms with Gasteiger partial charge in [0.05, 0.1) is 35.2 Å². The Morgan fingerprint density at radius 1 is 1.00 bits per heavy atom. The van der Waals surface area contributed by atoms with Gasteiger partial charge in [0.25, 0.3) is 0 Å². The summed E-state index contributed by atoms with van der Waals surface area (Å²) in [6, 6.07) is 15.9. The summed E-state index contributed by atoms with van der Waals surface area (Å²) < 4.78 is 3.63. The standard InChI is InChI=1S/C21H20ClN5O/c22-19-7-4-8-20-18(19)14-24-27(20)12-10-21(28)25-17-13-23-26(15-17)11-9-16-5-2-1-3-6-16/h1-8,13-15H,9-12H2,(H,25,28). The molecule has 2 aromatic carbocycles. The molecule has 142 valence electrons. The topological polar surface area (TPSA) is 64.7 Å². The maximum atomic E-state index is 12.3. The summed E-state index contributed by atoms with van der Waals surface area (Å²) in [5.41, 5.74) is 2.88. The van der Waals surface area contributed by atoms with Crippen LogP contribution in [-0.4, -0.2) is 25.5 Å². The molecular weight excluding hydrogens is 374 g/mol.